The highest BCUT2D eigenvalue weighted by Gasteiger charge is 2.41. The minimum atomic E-state index is -1.28. The molecule has 0 unspecified atom stereocenters. The lowest BCUT2D eigenvalue weighted by atomic mass is 9.96. The van der Waals surface area contributed by atoms with Crippen LogP contribution in [0.5, 0.6) is 0 Å². The van der Waals surface area contributed by atoms with Gasteiger partial charge in [-0.2, -0.15) is 0 Å². The third-order valence-corrected chi connectivity index (χ3v) is 1.99. The predicted molar refractivity (Wildman–Crippen MR) is 38.9 cm³/mol. The van der Waals surface area contributed by atoms with Gasteiger partial charge in [-0.25, -0.2) is 0 Å². The van der Waals surface area contributed by atoms with Crippen LogP contribution < -0.4 is 0 Å². The molecular weight excluding hydrogens is 164 g/mol. The summed E-state index contributed by atoms with van der Waals surface area (Å²) in [6, 6.07) is 0. The van der Waals surface area contributed by atoms with E-state index < -0.39 is 24.4 Å². The number of hydrogen-bond acceptors (Lipinski definition) is 5. The minimum absolute atomic E-state index is 0.215. The van der Waals surface area contributed by atoms with E-state index in [1.807, 2.05) is 0 Å². The molecule has 0 saturated carbocycles. The molecule has 1 saturated heterocycles. The molecule has 1 fully saturated rings. The van der Waals surface area contributed by atoms with Gasteiger partial charge in [0.1, 0.15) is 30.5 Å². The molecule has 1 radical (unpaired) electrons. The monoisotopic (exact) mass is 177 g/mol. The maximum absolute atomic E-state index is 9.22. The van der Waals surface area contributed by atoms with E-state index in [4.69, 9.17) is 9.84 Å². The summed E-state index contributed by atoms with van der Waals surface area (Å²) < 4.78 is 4.94. The van der Waals surface area contributed by atoms with Crippen molar-refractivity contribution in [2.75, 3.05) is 6.61 Å². The molecule has 5 nitrogen and oxygen atoms in total. The van der Waals surface area contributed by atoms with Gasteiger partial charge < -0.3 is 25.2 Å². The number of aliphatic hydroxyl groups excluding tert-OH is 4. The van der Waals surface area contributed by atoms with Gasteiger partial charge in [0.15, 0.2) is 0 Å². The number of hydrogen-bond donors (Lipinski definition) is 4. The van der Waals surface area contributed by atoms with Crippen LogP contribution in [-0.2, 0) is 4.74 Å². The topological polar surface area (TPSA) is 90.2 Å². The van der Waals surface area contributed by atoms with E-state index in [9.17, 15) is 15.3 Å². The Morgan fingerprint density at radius 3 is 2.33 bits per heavy atom. The first-order chi connectivity index (χ1) is 5.57. The van der Waals surface area contributed by atoms with Crippen molar-refractivity contribution in [3.05, 3.63) is 6.10 Å². The van der Waals surface area contributed by atoms with Crippen LogP contribution in [0.15, 0.2) is 0 Å². The summed E-state index contributed by atoms with van der Waals surface area (Å²) in [6.45, 7) is 1.10. The standard InChI is InChI=1S/C7H13O5/c1-3-5(9)7(11)6(10)4(2-8)12-3/h4-11H,2H2,1H3/t4-,5-,6-,7-/m1/s1. The fourth-order valence-electron chi connectivity index (χ4n) is 1.17. The lowest BCUT2D eigenvalue weighted by molar-refractivity contribution is -0.188. The average Bonchev–Trinajstić information content (AvgIpc) is 2.08. The van der Waals surface area contributed by atoms with Crippen LogP contribution in [0.1, 0.15) is 6.92 Å². The Kier molecular flexibility index (Phi) is 3.03. The third-order valence-electron chi connectivity index (χ3n) is 1.99. The largest absolute Gasteiger partial charge is 0.394 e. The van der Waals surface area contributed by atoms with Gasteiger partial charge >= 0.3 is 0 Å². The molecule has 4 atom stereocenters. The van der Waals surface area contributed by atoms with Gasteiger partial charge in [0.2, 0.25) is 0 Å². The maximum Gasteiger partial charge on any atom is 0.126 e. The highest BCUT2D eigenvalue weighted by molar-refractivity contribution is 4.99. The van der Waals surface area contributed by atoms with Gasteiger partial charge in [-0.1, -0.05) is 0 Å². The molecule has 1 aliphatic rings. The second-order valence-corrected chi connectivity index (χ2v) is 2.88. The Hall–Kier alpha value is -0.200. The summed E-state index contributed by atoms with van der Waals surface area (Å²) in [5.41, 5.74) is 0. The Morgan fingerprint density at radius 1 is 1.25 bits per heavy atom. The number of rotatable bonds is 1. The quantitative estimate of drug-likeness (QED) is 0.372. The molecule has 1 aliphatic heterocycles. The molecule has 0 aromatic rings. The van der Waals surface area contributed by atoms with Crippen molar-refractivity contribution >= 4 is 0 Å². The second kappa shape index (κ2) is 3.68. The number of aliphatic hydroxyl groups is 4. The summed E-state index contributed by atoms with van der Waals surface area (Å²) in [5, 5.41) is 36.3. The van der Waals surface area contributed by atoms with Crippen LogP contribution in [0.25, 0.3) is 0 Å². The van der Waals surface area contributed by atoms with Crippen LogP contribution in [0.3, 0.4) is 0 Å². The van der Waals surface area contributed by atoms with Crippen LogP contribution in [0.2, 0.25) is 0 Å². The lowest BCUT2D eigenvalue weighted by Gasteiger charge is -2.37. The van der Waals surface area contributed by atoms with Gasteiger partial charge in [0.05, 0.1) is 6.61 Å². The van der Waals surface area contributed by atoms with Crippen molar-refractivity contribution in [2.24, 2.45) is 0 Å². The van der Waals surface area contributed by atoms with Crippen LogP contribution in [-0.4, -0.2) is 51.4 Å². The van der Waals surface area contributed by atoms with E-state index in [0.29, 0.717) is 0 Å². The van der Waals surface area contributed by atoms with Gasteiger partial charge in [-0.05, 0) is 6.92 Å². The van der Waals surface area contributed by atoms with Crippen molar-refractivity contribution in [3.63, 3.8) is 0 Å². The molecule has 12 heavy (non-hydrogen) atoms. The first-order valence-electron chi connectivity index (χ1n) is 3.73. The molecule has 1 rings (SSSR count). The van der Waals surface area contributed by atoms with Crippen molar-refractivity contribution in [2.45, 2.75) is 31.3 Å². The highest BCUT2D eigenvalue weighted by atomic mass is 16.5. The predicted octanol–water partition coefficient (Wildman–Crippen LogP) is -1.99. The molecule has 0 bridgehead atoms. The van der Waals surface area contributed by atoms with E-state index in [0.717, 1.165) is 0 Å². The Morgan fingerprint density at radius 2 is 1.83 bits per heavy atom. The van der Waals surface area contributed by atoms with Crippen molar-refractivity contribution < 1.29 is 25.2 Å². The zero-order valence-electron chi connectivity index (χ0n) is 6.71. The fourth-order valence-corrected chi connectivity index (χ4v) is 1.17. The van der Waals surface area contributed by atoms with E-state index in [1.165, 1.54) is 6.92 Å². The zero-order chi connectivity index (χ0) is 9.30. The SMILES string of the molecule is C[C]1O[C@H](CO)[C@@H](O)[C@H](O)[C@@H]1O. The smallest absolute Gasteiger partial charge is 0.126 e. The summed E-state index contributed by atoms with van der Waals surface area (Å²) in [7, 11) is 0. The third kappa shape index (κ3) is 1.60. The zero-order valence-corrected chi connectivity index (χ0v) is 6.71. The summed E-state index contributed by atoms with van der Waals surface area (Å²) in [6.07, 6.45) is -4.33. The Bertz CT molecular complexity index is 146. The van der Waals surface area contributed by atoms with E-state index in [1.54, 1.807) is 0 Å². The molecule has 4 N–H and O–H groups in total. The van der Waals surface area contributed by atoms with Gasteiger partial charge in [-0.3, -0.25) is 0 Å². The minimum Gasteiger partial charge on any atom is -0.394 e. The van der Waals surface area contributed by atoms with Crippen LogP contribution in [0, 0.1) is 6.10 Å². The van der Waals surface area contributed by atoms with Gasteiger partial charge in [-0.15, -0.1) is 0 Å². The van der Waals surface area contributed by atoms with Crippen molar-refractivity contribution in [3.8, 4) is 0 Å². The maximum atomic E-state index is 9.22. The van der Waals surface area contributed by atoms with Gasteiger partial charge in [0, 0.05) is 0 Å². The highest BCUT2D eigenvalue weighted by Crippen LogP contribution is 2.24. The first-order valence-corrected chi connectivity index (χ1v) is 3.73. The average molecular weight is 177 g/mol. The fraction of sp³-hybridized carbons (Fsp3) is 0.857. The Labute approximate surface area is 70.2 Å². The summed E-state index contributed by atoms with van der Waals surface area (Å²) >= 11 is 0. The molecule has 0 aliphatic carbocycles. The van der Waals surface area contributed by atoms with E-state index in [2.05, 4.69) is 0 Å². The van der Waals surface area contributed by atoms with Crippen LogP contribution >= 0.6 is 0 Å². The normalized spacial score (nSPS) is 44.8. The summed E-state index contributed by atoms with van der Waals surface area (Å²) in [4.78, 5) is 0. The first kappa shape index (κ1) is 9.88. The second-order valence-electron chi connectivity index (χ2n) is 2.88. The molecule has 0 spiro atoms. The van der Waals surface area contributed by atoms with E-state index >= 15 is 0 Å². The molecule has 71 valence electrons. The Balaban J connectivity index is 2.63. The molecular formula is C7H13O5. The molecule has 1 heterocycles. The molecule has 0 amide bonds. The van der Waals surface area contributed by atoms with Gasteiger partial charge in [0.25, 0.3) is 0 Å². The lowest BCUT2D eigenvalue weighted by Crippen LogP contribution is -2.54. The summed E-state index contributed by atoms with van der Waals surface area (Å²) in [5.74, 6) is 0. The van der Waals surface area contributed by atoms with Crippen molar-refractivity contribution in [1.29, 1.82) is 0 Å². The van der Waals surface area contributed by atoms with Crippen LogP contribution in [0.4, 0.5) is 0 Å². The molecule has 0 aromatic carbocycles. The van der Waals surface area contributed by atoms with E-state index in [-0.39, 0.29) is 12.7 Å². The van der Waals surface area contributed by atoms with Crippen molar-refractivity contribution in [1.82, 2.24) is 0 Å². The molecule has 5 heteroatoms. The number of ether oxygens (including phenoxy) is 1. The molecule has 0 aromatic heterocycles.